The Kier molecular flexibility index (Phi) is 5.50. The highest BCUT2D eigenvalue weighted by molar-refractivity contribution is 6.31. The van der Waals surface area contributed by atoms with Gasteiger partial charge in [-0.3, -0.25) is 4.79 Å². The molecule has 1 saturated heterocycles. The molecule has 0 spiro atoms. The maximum absolute atomic E-state index is 13.2. The number of nitrogens with zero attached hydrogens (tertiary/aromatic N) is 5. The average Bonchev–Trinajstić information content (AvgIpc) is 3.14. The van der Waals surface area contributed by atoms with Crippen molar-refractivity contribution in [3.8, 4) is 0 Å². The molecule has 0 bridgehead atoms. The van der Waals surface area contributed by atoms with Gasteiger partial charge in [-0.2, -0.15) is 0 Å². The molecular weight excluding hydrogens is 432 g/mol. The highest BCUT2D eigenvalue weighted by Crippen LogP contribution is 2.23. The van der Waals surface area contributed by atoms with Crippen LogP contribution in [0.2, 0.25) is 5.02 Å². The van der Waals surface area contributed by atoms with E-state index in [1.807, 2.05) is 42.5 Å². The van der Waals surface area contributed by atoms with Crippen molar-refractivity contribution in [2.75, 3.05) is 31.2 Å². The number of morpholine rings is 1. The summed E-state index contributed by atoms with van der Waals surface area (Å²) in [7, 11) is 0. The van der Waals surface area contributed by atoms with Crippen LogP contribution in [0.1, 0.15) is 5.56 Å². The van der Waals surface area contributed by atoms with Crippen LogP contribution < -0.4 is 15.9 Å². The molecule has 1 N–H and O–H groups in total. The summed E-state index contributed by atoms with van der Waals surface area (Å²) in [6.07, 6.45) is 0. The number of anilines is 1. The Morgan fingerprint density at radius 1 is 1.09 bits per heavy atom. The number of halogens is 1. The summed E-state index contributed by atoms with van der Waals surface area (Å²) in [6.45, 7) is 2.53. The predicted octanol–water partition coefficient (Wildman–Crippen LogP) is 1.85. The lowest BCUT2D eigenvalue weighted by molar-refractivity contribution is -0.122. The van der Waals surface area contributed by atoms with E-state index < -0.39 is 0 Å². The van der Waals surface area contributed by atoms with Crippen molar-refractivity contribution < 1.29 is 9.53 Å². The molecule has 0 radical (unpaired) electrons. The van der Waals surface area contributed by atoms with E-state index in [1.54, 1.807) is 6.07 Å². The van der Waals surface area contributed by atoms with Crippen LogP contribution in [0.25, 0.3) is 16.7 Å². The molecule has 2 aromatic carbocycles. The minimum Gasteiger partial charge on any atom is -0.378 e. The normalized spacial score (nSPS) is 14.2. The number of hydrogen-bond acceptors (Lipinski definition) is 6. The highest BCUT2D eigenvalue weighted by Gasteiger charge is 2.22. The van der Waals surface area contributed by atoms with E-state index in [4.69, 9.17) is 21.3 Å². The molecule has 3 heterocycles. The van der Waals surface area contributed by atoms with Gasteiger partial charge in [-0.15, -0.1) is 5.10 Å². The number of carbonyl (C=O) groups excluding carboxylic acids is 1. The van der Waals surface area contributed by atoms with Crippen molar-refractivity contribution in [3.05, 3.63) is 69.6 Å². The lowest BCUT2D eigenvalue weighted by Crippen LogP contribution is -2.37. The first-order valence-electron chi connectivity index (χ1n) is 10.3. The van der Waals surface area contributed by atoms with Gasteiger partial charge in [-0.05, 0) is 23.8 Å². The van der Waals surface area contributed by atoms with Crippen LogP contribution in [0, 0.1) is 0 Å². The third kappa shape index (κ3) is 3.80. The molecule has 1 amide bonds. The van der Waals surface area contributed by atoms with Gasteiger partial charge in [0.2, 0.25) is 11.6 Å². The molecule has 9 nitrogen and oxygen atoms in total. The summed E-state index contributed by atoms with van der Waals surface area (Å²) in [6, 6.07) is 14.7. The number of nitrogens with one attached hydrogen (secondary N) is 1. The quantitative estimate of drug-likeness (QED) is 0.496. The molecular formula is C22H21ClN6O3. The van der Waals surface area contributed by atoms with Gasteiger partial charge < -0.3 is 15.0 Å². The van der Waals surface area contributed by atoms with Crippen LogP contribution >= 0.6 is 11.6 Å². The largest absolute Gasteiger partial charge is 0.378 e. The van der Waals surface area contributed by atoms with E-state index in [0.29, 0.717) is 53.8 Å². The van der Waals surface area contributed by atoms with E-state index in [-0.39, 0.29) is 24.7 Å². The molecule has 1 aliphatic heterocycles. The number of ether oxygens (including phenoxy) is 1. The third-order valence-electron chi connectivity index (χ3n) is 5.43. The minimum absolute atomic E-state index is 0.207. The second kappa shape index (κ2) is 8.60. The first kappa shape index (κ1) is 20.5. The van der Waals surface area contributed by atoms with Gasteiger partial charge in [0.05, 0.1) is 24.2 Å². The first-order chi connectivity index (χ1) is 15.6. The lowest BCUT2D eigenvalue weighted by Gasteiger charge is -2.27. The highest BCUT2D eigenvalue weighted by atomic mass is 35.5. The Bertz CT molecular complexity index is 1360. The van der Waals surface area contributed by atoms with Gasteiger partial charge >= 0.3 is 5.69 Å². The zero-order chi connectivity index (χ0) is 22.1. The number of fused-ring (bicyclic) bond motifs is 3. The molecule has 4 aromatic rings. The summed E-state index contributed by atoms with van der Waals surface area (Å²) in [5.41, 5.74) is 2.17. The fourth-order valence-electron chi connectivity index (χ4n) is 3.80. The molecule has 5 rings (SSSR count). The van der Waals surface area contributed by atoms with Crippen molar-refractivity contribution >= 4 is 40.0 Å². The number of para-hydroxylation sites is 2. The third-order valence-corrected chi connectivity index (χ3v) is 5.79. The number of hydrogen-bond donors (Lipinski definition) is 1. The SMILES string of the molecule is O=C(Cn1nc2c(N3CCOCC3)nc3ccccc3n2c1=O)NCc1ccccc1Cl. The number of carbonyl (C=O) groups is 1. The molecule has 1 fully saturated rings. The smallest absolute Gasteiger partial charge is 0.351 e. The lowest BCUT2D eigenvalue weighted by atomic mass is 10.2. The van der Waals surface area contributed by atoms with E-state index in [0.717, 1.165) is 5.56 Å². The van der Waals surface area contributed by atoms with E-state index in [9.17, 15) is 9.59 Å². The molecule has 0 atom stereocenters. The topological polar surface area (TPSA) is 93.8 Å². The molecule has 10 heteroatoms. The van der Waals surface area contributed by atoms with Gasteiger partial charge in [0, 0.05) is 24.7 Å². The van der Waals surface area contributed by atoms with Gasteiger partial charge in [0.25, 0.3) is 0 Å². The Labute approximate surface area is 188 Å². The Hall–Kier alpha value is -3.43. The van der Waals surface area contributed by atoms with Crippen molar-refractivity contribution in [2.24, 2.45) is 0 Å². The fourth-order valence-corrected chi connectivity index (χ4v) is 4.00. The van der Waals surface area contributed by atoms with Gasteiger partial charge in [0.15, 0.2) is 5.82 Å². The van der Waals surface area contributed by atoms with Crippen LogP contribution in [0.5, 0.6) is 0 Å². The van der Waals surface area contributed by atoms with Crippen LogP contribution in [0.15, 0.2) is 53.3 Å². The molecule has 0 aliphatic carbocycles. The number of benzene rings is 2. The van der Waals surface area contributed by atoms with Crippen molar-refractivity contribution in [3.63, 3.8) is 0 Å². The summed E-state index contributed by atoms with van der Waals surface area (Å²) >= 11 is 6.15. The van der Waals surface area contributed by atoms with Crippen LogP contribution in [-0.4, -0.2) is 51.4 Å². The van der Waals surface area contributed by atoms with Crippen LogP contribution in [0.3, 0.4) is 0 Å². The number of rotatable bonds is 5. The molecule has 1 aliphatic rings. The molecule has 0 unspecified atom stereocenters. The van der Waals surface area contributed by atoms with Gasteiger partial charge in [-0.25, -0.2) is 18.9 Å². The standard InChI is InChI=1S/C22H21ClN6O3/c23-16-6-2-1-5-15(16)13-24-19(30)14-28-22(31)29-18-8-4-3-7-17(18)25-20(21(29)26-28)27-9-11-32-12-10-27/h1-8H,9-14H2,(H,24,30). The van der Waals surface area contributed by atoms with E-state index in [1.165, 1.54) is 9.08 Å². The average molecular weight is 453 g/mol. The van der Waals surface area contributed by atoms with Crippen molar-refractivity contribution in [1.82, 2.24) is 24.5 Å². The summed E-state index contributed by atoms with van der Waals surface area (Å²) in [5, 5.41) is 7.86. The first-order valence-corrected chi connectivity index (χ1v) is 10.7. The zero-order valence-corrected chi connectivity index (χ0v) is 18.0. The summed E-state index contributed by atoms with van der Waals surface area (Å²) < 4.78 is 8.15. The van der Waals surface area contributed by atoms with Crippen LogP contribution in [0.4, 0.5) is 5.82 Å². The predicted molar refractivity (Wildman–Crippen MR) is 121 cm³/mol. The molecule has 0 saturated carbocycles. The van der Waals surface area contributed by atoms with Crippen molar-refractivity contribution in [1.29, 1.82) is 0 Å². The minimum atomic E-state index is -0.388. The fraction of sp³-hybridized carbons (Fsp3) is 0.273. The van der Waals surface area contributed by atoms with E-state index in [2.05, 4.69) is 15.3 Å². The van der Waals surface area contributed by atoms with Gasteiger partial charge in [-0.1, -0.05) is 41.9 Å². The van der Waals surface area contributed by atoms with Gasteiger partial charge in [0.1, 0.15) is 6.54 Å². The Balaban J connectivity index is 1.49. The number of amides is 1. The Morgan fingerprint density at radius 2 is 1.84 bits per heavy atom. The monoisotopic (exact) mass is 452 g/mol. The Morgan fingerprint density at radius 3 is 2.66 bits per heavy atom. The molecule has 32 heavy (non-hydrogen) atoms. The summed E-state index contributed by atoms with van der Waals surface area (Å²) in [4.78, 5) is 32.6. The second-order valence-electron chi connectivity index (χ2n) is 7.49. The zero-order valence-electron chi connectivity index (χ0n) is 17.2. The van der Waals surface area contributed by atoms with Crippen molar-refractivity contribution in [2.45, 2.75) is 13.1 Å². The maximum Gasteiger partial charge on any atom is 0.351 e. The molecule has 2 aromatic heterocycles. The summed E-state index contributed by atoms with van der Waals surface area (Å²) in [5.74, 6) is 0.278. The van der Waals surface area contributed by atoms with Crippen LogP contribution in [-0.2, 0) is 22.6 Å². The number of aromatic nitrogens is 4. The maximum atomic E-state index is 13.2. The molecule has 164 valence electrons. The second-order valence-corrected chi connectivity index (χ2v) is 7.90. The van der Waals surface area contributed by atoms with E-state index >= 15 is 0 Å².